The molecule has 0 spiro atoms. The summed E-state index contributed by atoms with van der Waals surface area (Å²) in [4.78, 5) is 21.4. The molecular formula is C22H30N4O2. The first-order valence-corrected chi connectivity index (χ1v) is 9.72. The Morgan fingerprint density at radius 2 is 2.00 bits per heavy atom. The maximum Gasteiger partial charge on any atom is 0.224 e. The lowest BCUT2D eigenvalue weighted by Crippen LogP contribution is -2.43. The van der Waals surface area contributed by atoms with Gasteiger partial charge in [-0.2, -0.15) is 0 Å². The number of rotatable bonds is 8. The fraction of sp³-hybridized carbons (Fsp3) is 0.455. The minimum absolute atomic E-state index is 0.0628. The third-order valence-electron chi connectivity index (χ3n) is 5.12. The predicted octanol–water partition coefficient (Wildman–Crippen LogP) is 1.81. The molecule has 1 aromatic carbocycles. The van der Waals surface area contributed by atoms with Gasteiger partial charge in [0.05, 0.1) is 13.5 Å². The van der Waals surface area contributed by atoms with Crippen LogP contribution in [0.3, 0.4) is 0 Å². The highest BCUT2D eigenvalue weighted by molar-refractivity contribution is 5.79. The molecule has 1 fully saturated rings. The first-order chi connectivity index (χ1) is 13.5. The van der Waals surface area contributed by atoms with Crippen molar-refractivity contribution < 1.29 is 9.53 Å². The molecule has 1 saturated heterocycles. The van der Waals surface area contributed by atoms with E-state index in [-0.39, 0.29) is 11.9 Å². The third kappa shape index (κ3) is 5.78. The number of ether oxygens (including phenoxy) is 1. The van der Waals surface area contributed by atoms with Gasteiger partial charge in [0.2, 0.25) is 5.91 Å². The van der Waals surface area contributed by atoms with Gasteiger partial charge in [0.25, 0.3) is 0 Å². The Kier molecular flexibility index (Phi) is 7.01. The van der Waals surface area contributed by atoms with E-state index in [0.717, 1.165) is 37.5 Å². The van der Waals surface area contributed by atoms with E-state index in [1.165, 1.54) is 5.56 Å². The van der Waals surface area contributed by atoms with Crippen LogP contribution in [0.4, 0.5) is 0 Å². The fourth-order valence-electron chi connectivity index (χ4n) is 3.88. The van der Waals surface area contributed by atoms with Crippen molar-refractivity contribution >= 4 is 5.91 Å². The highest BCUT2D eigenvalue weighted by atomic mass is 16.5. The Morgan fingerprint density at radius 3 is 2.71 bits per heavy atom. The molecule has 150 valence electrons. The van der Waals surface area contributed by atoms with Crippen LogP contribution in [-0.2, 0) is 17.8 Å². The number of pyridine rings is 1. The Morgan fingerprint density at radius 1 is 1.21 bits per heavy atom. The number of nitrogens with zero attached hydrogens (tertiary/aromatic N) is 3. The van der Waals surface area contributed by atoms with Crippen LogP contribution in [0.1, 0.15) is 11.1 Å². The number of carbonyl (C=O) groups excluding carboxylic acids is 1. The molecule has 2 heterocycles. The fourth-order valence-corrected chi connectivity index (χ4v) is 3.88. The Hall–Kier alpha value is -2.44. The second-order valence-corrected chi connectivity index (χ2v) is 7.77. The Bertz CT molecular complexity index is 766. The number of benzene rings is 1. The molecule has 1 N–H and O–H groups in total. The van der Waals surface area contributed by atoms with Gasteiger partial charge in [-0.05, 0) is 49.5 Å². The van der Waals surface area contributed by atoms with E-state index in [1.807, 2.05) is 36.7 Å². The maximum absolute atomic E-state index is 12.7. The van der Waals surface area contributed by atoms with Gasteiger partial charge in [-0.3, -0.25) is 14.7 Å². The monoisotopic (exact) mass is 382 g/mol. The maximum atomic E-state index is 12.7. The molecule has 2 aromatic rings. The van der Waals surface area contributed by atoms with Crippen molar-refractivity contribution in [2.45, 2.75) is 19.0 Å². The van der Waals surface area contributed by atoms with Crippen molar-refractivity contribution in [2.24, 2.45) is 5.92 Å². The van der Waals surface area contributed by atoms with E-state index in [1.54, 1.807) is 7.11 Å². The summed E-state index contributed by atoms with van der Waals surface area (Å²) in [5.41, 5.74) is 2.22. The molecule has 0 saturated carbocycles. The van der Waals surface area contributed by atoms with Crippen molar-refractivity contribution in [1.29, 1.82) is 0 Å². The summed E-state index contributed by atoms with van der Waals surface area (Å²) < 4.78 is 5.25. The van der Waals surface area contributed by atoms with Gasteiger partial charge in [0, 0.05) is 50.5 Å². The molecule has 0 unspecified atom stereocenters. The summed E-state index contributed by atoms with van der Waals surface area (Å²) in [6.07, 6.45) is 4.03. The van der Waals surface area contributed by atoms with E-state index < -0.39 is 0 Å². The van der Waals surface area contributed by atoms with Crippen LogP contribution in [0.15, 0.2) is 48.8 Å². The molecule has 6 heteroatoms. The molecule has 0 bridgehead atoms. The molecule has 2 atom stereocenters. The Balaban J connectivity index is 1.61. The van der Waals surface area contributed by atoms with Crippen LogP contribution in [0, 0.1) is 5.92 Å². The number of aromatic nitrogens is 1. The predicted molar refractivity (Wildman–Crippen MR) is 110 cm³/mol. The van der Waals surface area contributed by atoms with Crippen molar-refractivity contribution in [1.82, 2.24) is 20.1 Å². The second-order valence-electron chi connectivity index (χ2n) is 7.77. The molecule has 3 rings (SSSR count). The zero-order valence-corrected chi connectivity index (χ0v) is 17.0. The molecule has 1 amide bonds. The average molecular weight is 383 g/mol. The van der Waals surface area contributed by atoms with Gasteiger partial charge in [-0.15, -0.1) is 0 Å². The standard InChI is InChI=1S/C22H30N4O2/c1-25(2)14-19-15-26(13-17-7-9-23-10-8-17)16-21(19)24-22(27)12-18-5-4-6-20(11-18)28-3/h4-11,19,21H,12-16H2,1-3H3,(H,24,27)/t19-,21-/m1/s1. The molecule has 0 aliphatic carbocycles. The molecule has 28 heavy (non-hydrogen) atoms. The smallest absolute Gasteiger partial charge is 0.224 e. The molecule has 6 nitrogen and oxygen atoms in total. The van der Waals surface area contributed by atoms with Crippen LogP contribution in [0.5, 0.6) is 5.75 Å². The minimum Gasteiger partial charge on any atom is -0.497 e. The van der Waals surface area contributed by atoms with Crippen molar-refractivity contribution in [3.05, 3.63) is 59.9 Å². The third-order valence-corrected chi connectivity index (χ3v) is 5.12. The number of hydrogen-bond donors (Lipinski definition) is 1. The number of hydrogen-bond acceptors (Lipinski definition) is 5. The van der Waals surface area contributed by atoms with Crippen LogP contribution in [0.25, 0.3) is 0 Å². The normalized spacial score (nSPS) is 19.7. The van der Waals surface area contributed by atoms with Crippen molar-refractivity contribution in [3.8, 4) is 5.75 Å². The summed E-state index contributed by atoms with van der Waals surface area (Å²) in [6, 6.07) is 11.9. The summed E-state index contributed by atoms with van der Waals surface area (Å²) in [5, 5.41) is 3.28. The lowest BCUT2D eigenvalue weighted by atomic mass is 10.0. The number of likely N-dealkylation sites (tertiary alicyclic amines) is 1. The largest absolute Gasteiger partial charge is 0.497 e. The first-order valence-electron chi connectivity index (χ1n) is 9.72. The van der Waals surface area contributed by atoms with Gasteiger partial charge < -0.3 is 15.0 Å². The van der Waals surface area contributed by atoms with Gasteiger partial charge in [0.15, 0.2) is 0 Å². The summed E-state index contributed by atoms with van der Waals surface area (Å²) >= 11 is 0. The average Bonchev–Trinajstić information content (AvgIpc) is 3.02. The summed E-state index contributed by atoms with van der Waals surface area (Å²) in [6.45, 7) is 3.68. The second kappa shape index (κ2) is 9.66. The molecule has 1 aromatic heterocycles. The zero-order valence-electron chi connectivity index (χ0n) is 17.0. The van der Waals surface area contributed by atoms with E-state index in [9.17, 15) is 4.79 Å². The van der Waals surface area contributed by atoms with Crippen molar-refractivity contribution in [3.63, 3.8) is 0 Å². The summed E-state index contributed by atoms with van der Waals surface area (Å²) in [5.74, 6) is 1.25. The Labute approximate surface area is 167 Å². The molecular weight excluding hydrogens is 352 g/mol. The van der Waals surface area contributed by atoms with Gasteiger partial charge in [-0.25, -0.2) is 0 Å². The van der Waals surface area contributed by atoms with E-state index in [2.05, 4.69) is 46.3 Å². The lowest BCUT2D eigenvalue weighted by molar-refractivity contribution is -0.121. The van der Waals surface area contributed by atoms with E-state index >= 15 is 0 Å². The molecule has 1 aliphatic heterocycles. The van der Waals surface area contributed by atoms with E-state index in [0.29, 0.717) is 12.3 Å². The minimum atomic E-state index is 0.0628. The highest BCUT2D eigenvalue weighted by Gasteiger charge is 2.33. The van der Waals surface area contributed by atoms with Crippen molar-refractivity contribution in [2.75, 3.05) is 40.8 Å². The van der Waals surface area contributed by atoms with Crippen LogP contribution < -0.4 is 10.1 Å². The SMILES string of the molecule is COc1cccc(CC(=O)N[C@@H]2CN(Cc3ccncc3)C[C@H]2CN(C)C)c1. The van der Waals surface area contributed by atoms with Crippen LogP contribution in [0.2, 0.25) is 0 Å². The molecule has 1 aliphatic rings. The van der Waals surface area contributed by atoms with Crippen LogP contribution >= 0.6 is 0 Å². The topological polar surface area (TPSA) is 57.7 Å². The van der Waals surface area contributed by atoms with Gasteiger partial charge in [-0.1, -0.05) is 12.1 Å². The number of nitrogens with one attached hydrogen (secondary N) is 1. The first kappa shape index (κ1) is 20.3. The zero-order chi connectivity index (χ0) is 19.9. The van der Waals surface area contributed by atoms with Gasteiger partial charge in [0.1, 0.15) is 5.75 Å². The lowest BCUT2D eigenvalue weighted by Gasteiger charge is -2.23. The number of methoxy groups -OCH3 is 1. The number of amides is 1. The summed E-state index contributed by atoms with van der Waals surface area (Å²) in [7, 11) is 5.81. The quantitative estimate of drug-likeness (QED) is 0.755. The van der Waals surface area contributed by atoms with Gasteiger partial charge >= 0.3 is 0 Å². The number of carbonyl (C=O) groups is 1. The highest BCUT2D eigenvalue weighted by Crippen LogP contribution is 2.21. The molecule has 0 radical (unpaired) electrons. The van der Waals surface area contributed by atoms with Crippen LogP contribution in [-0.4, -0.2) is 67.6 Å². The van der Waals surface area contributed by atoms with E-state index in [4.69, 9.17) is 4.74 Å².